The first-order valence-electron chi connectivity index (χ1n) is 22.6. The van der Waals surface area contributed by atoms with Crippen LogP contribution in [0.3, 0.4) is 0 Å². The minimum Gasteiger partial charge on any atom is -0.308 e. The van der Waals surface area contributed by atoms with Gasteiger partial charge in [-0.2, -0.15) is 18.4 Å². The Morgan fingerprint density at radius 2 is 0.870 bits per heavy atom. The summed E-state index contributed by atoms with van der Waals surface area (Å²) in [6, 6.07) is 67.0. The van der Waals surface area contributed by atoms with Gasteiger partial charge in [0.25, 0.3) is 0 Å². The van der Waals surface area contributed by atoms with Crippen molar-refractivity contribution in [1.29, 1.82) is 5.26 Å². The van der Waals surface area contributed by atoms with Gasteiger partial charge in [-0.25, -0.2) is 0 Å². The van der Waals surface area contributed by atoms with Gasteiger partial charge in [0.2, 0.25) is 0 Å². The van der Waals surface area contributed by atoms with Crippen molar-refractivity contribution >= 4 is 43.6 Å². The Labute approximate surface area is 395 Å². The second-order valence-electron chi connectivity index (χ2n) is 17.3. The summed E-state index contributed by atoms with van der Waals surface area (Å²) >= 11 is 0. The molecular formula is C61H38F3N5. The molecule has 0 atom stereocenters. The summed E-state index contributed by atoms with van der Waals surface area (Å²) in [6.45, 7) is 1.71. The summed E-state index contributed by atoms with van der Waals surface area (Å²) in [6.07, 6.45) is -1.06. The van der Waals surface area contributed by atoms with Gasteiger partial charge in [-0.3, -0.25) is 9.97 Å². The monoisotopic (exact) mass is 897 g/mol. The molecule has 8 aromatic carbocycles. The minimum absolute atomic E-state index is 0.0513. The number of pyridine rings is 2. The van der Waals surface area contributed by atoms with Crippen LogP contribution < -0.4 is 0 Å². The summed E-state index contributed by atoms with van der Waals surface area (Å²) in [5.41, 5.74) is 11.8. The van der Waals surface area contributed by atoms with Gasteiger partial charge in [-0.15, -0.1) is 0 Å². The van der Waals surface area contributed by atoms with Crippen LogP contribution in [0.25, 0.3) is 111 Å². The molecule has 0 fully saturated rings. The van der Waals surface area contributed by atoms with Crippen molar-refractivity contribution in [2.75, 3.05) is 0 Å². The van der Waals surface area contributed by atoms with Crippen LogP contribution in [-0.4, -0.2) is 19.1 Å². The summed E-state index contributed by atoms with van der Waals surface area (Å²) in [5, 5.41) is 15.4. The van der Waals surface area contributed by atoms with E-state index in [2.05, 4.69) is 64.6 Å². The molecule has 328 valence electrons. The van der Waals surface area contributed by atoms with Crippen molar-refractivity contribution in [3.05, 3.63) is 229 Å². The lowest BCUT2D eigenvalue weighted by Gasteiger charge is -2.21. The third-order valence-electron chi connectivity index (χ3n) is 13.2. The first-order chi connectivity index (χ1) is 33.7. The molecule has 0 N–H and O–H groups in total. The number of benzene rings is 8. The highest BCUT2D eigenvalue weighted by molar-refractivity contribution is 6.12. The summed E-state index contributed by atoms with van der Waals surface area (Å²) in [7, 11) is 0. The third kappa shape index (κ3) is 7.02. The van der Waals surface area contributed by atoms with E-state index in [-0.39, 0.29) is 5.56 Å². The van der Waals surface area contributed by atoms with Crippen LogP contribution in [0.4, 0.5) is 13.2 Å². The van der Waals surface area contributed by atoms with E-state index in [0.717, 1.165) is 94.4 Å². The molecule has 12 rings (SSSR count). The quantitative estimate of drug-likeness (QED) is 0.160. The summed E-state index contributed by atoms with van der Waals surface area (Å²) < 4.78 is 49.9. The highest BCUT2D eigenvalue weighted by Gasteiger charge is 2.35. The highest BCUT2D eigenvalue weighted by Crippen LogP contribution is 2.45. The second kappa shape index (κ2) is 16.4. The SMILES string of the molecule is Cc1cccc(C(F)(F)F)c1-c1cc(-n2c3ccccc3c3ccc(-c4ccnc(-c5ccccc5)c4)cc32)c(C#N)c(-n2c3ccccc3c3ccc(-c4ccnc(-c5ccccc5)c4)cc32)c1. The molecule has 0 aliphatic rings. The van der Waals surface area contributed by atoms with Crippen LogP contribution in [0.5, 0.6) is 0 Å². The predicted octanol–water partition coefficient (Wildman–Crippen LogP) is 16.2. The number of fused-ring (bicyclic) bond motifs is 6. The third-order valence-corrected chi connectivity index (χ3v) is 13.2. The first kappa shape index (κ1) is 41.4. The number of nitrogens with zero attached hydrogens (tertiary/aromatic N) is 5. The number of hydrogen-bond donors (Lipinski definition) is 0. The maximum Gasteiger partial charge on any atom is 0.417 e. The van der Waals surface area contributed by atoms with Gasteiger partial charge in [-0.1, -0.05) is 133 Å². The molecule has 4 aromatic heterocycles. The molecule has 0 saturated carbocycles. The second-order valence-corrected chi connectivity index (χ2v) is 17.3. The normalized spacial score (nSPS) is 11.8. The first-order valence-corrected chi connectivity index (χ1v) is 22.6. The topological polar surface area (TPSA) is 59.4 Å². The lowest BCUT2D eigenvalue weighted by atomic mass is 9.92. The Balaban J connectivity index is 1.17. The van der Waals surface area contributed by atoms with Crippen molar-refractivity contribution in [3.63, 3.8) is 0 Å². The van der Waals surface area contributed by atoms with E-state index in [1.165, 1.54) is 6.07 Å². The van der Waals surface area contributed by atoms with Gasteiger partial charge in [0.15, 0.2) is 0 Å². The molecule has 0 saturated heterocycles. The minimum atomic E-state index is -4.66. The molecule has 0 unspecified atom stereocenters. The van der Waals surface area contributed by atoms with Crippen molar-refractivity contribution in [2.24, 2.45) is 0 Å². The lowest BCUT2D eigenvalue weighted by Crippen LogP contribution is -2.10. The van der Waals surface area contributed by atoms with Crippen LogP contribution in [0, 0.1) is 18.3 Å². The van der Waals surface area contributed by atoms with Crippen molar-refractivity contribution < 1.29 is 13.2 Å². The van der Waals surface area contributed by atoms with E-state index in [9.17, 15) is 5.26 Å². The molecule has 12 aromatic rings. The Kier molecular flexibility index (Phi) is 9.82. The van der Waals surface area contributed by atoms with Crippen LogP contribution in [-0.2, 0) is 6.18 Å². The van der Waals surface area contributed by atoms with Crippen LogP contribution in [0.1, 0.15) is 16.7 Å². The number of alkyl halides is 3. The molecule has 0 spiro atoms. The average Bonchev–Trinajstić information content (AvgIpc) is 3.90. The predicted molar refractivity (Wildman–Crippen MR) is 272 cm³/mol. The molecular weight excluding hydrogens is 860 g/mol. The number of nitriles is 1. The zero-order valence-corrected chi connectivity index (χ0v) is 37.1. The number of aryl methyl sites for hydroxylation is 1. The molecule has 5 nitrogen and oxygen atoms in total. The van der Waals surface area contributed by atoms with E-state index >= 15 is 13.2 Å². The lowest BCUT2D eigenvalue weighted by molar-refractivity contribution is -0.137. The molecule has 0 radical (unpaired) electrons. The summed E-state index contributed by atoms with van der Waals surface area (Å²) in [5.74, 6) is 0. The van der Waals surface area contributed by atoms with E-state index in [1.54, 1.807) is 37.5 Å². The molecule has 4 heterocycles. The van der Waals surface area contributed by atoms with E-state index in [4.69, 9.17) is 0 Å². The van der Waals surface area contributed by atoms with Gasteiger partial charge >= 0.3 is 6.18 Å². The number of halogens is 3. The van der Waals surface area contributed by atoms with Crippen LogP contribution >= 0.6 is 0 Å². The Bertz CT molecular complexity index is 3810. The maximum absolute atomic E-state index is 15.3. The van der Waals surface area contributed by atoms with Gasteiger partial charge in [0.1, 0.15) is 11.6 Å². The molecule has 0 amide bonds. The molecule has 0 aliphatic heterocycles. The molecule has 8 heteroatoms. The Hall–Kier alpha value is -9.06. The highest BCUT2D eigenvalue weighted by atomic mass is 19.4. The Morgan fingerprint density at radius 3 is 1.35 bits per heavy atom. The standard InChI is InChI=1S/C61H38F3N5/c1-38-13-12-20-51(61(62,63)64)60(38)45-35-58(68-54-21-10-8-18-46(54)48-25-23-41(33-56(48)68)43-27-29-66-52(31-43)39-14-4-2-5-15-39)50(37-65)59(36-45)69-55-22-11-9-19-47(55)49-26-24-42(34-57(49)69)44-28-30-67-53(32-44)40-16-6-3-7-17-40/h2-36H,1H3. The summed E-state index contributed by atoms with van der Waals surface area (Å²) in [4.78, 5) is 9.36. The van der Waals surface area contributed by atoms with Crippen LogP contribution in [0.15, 0.2) is 213 Å². The molecule has 0 aliphatic carbocycles. The van der Waals surface area contributed by atoms with Gasteiger partial charge in [0.05, 0.1) is 50.4 Å². The average molecular weight is 898 g/mol. The van der Waals surface area contributed by atoms with Gasteiger partial charge < -0.3 is 9.13 Å². The van der Waals surface area contributed by atoms with Crippen molar-refractivity contribution in [1.82, 2.24) is 19.1 Å². The number of hydrogen-bond acceptors (Lipinski definition) is 3. The molecule has 69 heavy (non-hydrogen) atoms. The zero-order chi connectivity index (χ0) is 46.8. The number of rotatable bonds is 7. The fourth-order valence-corrected chi connectivity index (χ4v) is 10.1. The van der Waals surface area contributed by atoms with E-state index in [1.807, 2.05) is 130 Å². The van der Waals surface area contributed by atoms with Crippen LogP contribution in [0.2, 0.25) is 0 Å². The Morgan fingerprint density at radius 1 is 0.420 bits per heavy atom. The zero-order valence-electron chi connectivity index (χ0n) is 37.1. The largest absolute Gasteiger partial charge is 0.417 e. The maximum atomic E-state index is 15.3. The van der Waals surface area contributed by atoms with Gasteiger partial charge in [0, 0.05) is 45.1 Å². The fourth-order valence-electron chi connectivity index (χ4n) is 10.1. The number of para-hydroxylation sites is 2. The van der Waals surface area contributed by atoms with Crippen molar-refractivity contribution in [3.8, 4) is 73.3 Å². The van der Waals surface area contributed by atoms with E-state index in [0.29, 0.717) is 28.1 Å². The van der Waals surface area contributed by atoms with E-state index < -0.39 is 11.7 Å². The fraction of sp³-hybridized carbons (Fsp3) is 0.0328. The smallest absolute Gasteiger partial charge is 0.308 e. The van der Waals surface area contributed by atoms with Gasteiger partial charge in [-0.05, 0) is 113 Å². The van der Waals surface area contributed by atoms with Crippen molar-refractivity contribution in [2.45, 2.75) is 13.1 Å². The number of aromatic nitrogens is 4. The molecule has 0 bridgehead atoms.